The molecular formula is C21H22N4O2. The second-order valence-corrected chi connectivity index (χ2v) is 5.95. The third kappa shape index (κ3) is 5.54. The minimum absolute atomic E-state index is 0.202. The highest BCUT2D eigenvalue weighted by Crippen LogP contribution is 2.19. The molecule has 0 bridgehead atoms. The van der Waals surface area contributed by atoms with Crippen molar-refractivity contribution in [2.24, 2.45) is 0 Å². The summed E-state index contributed by atoms with van der Waals surface area (Å²) < 4.78 is 5.77. The van der Waals surface area contributed by atoms with E-state index in [-0.39, 0.29) is 5.91 Å². The maximum atomic E-state index is 12.0. The molecule has 2 N–H and O–H groups in total. The first kappa shape index (κ1) is 18.4. The molecule has 6 heteroatoms. The van der Waals surface area contributed by atoms with Crippen molar-refractivity contribution in [3.8, 4) is 5.75 Å². The molecule has 3 aromatic rings. The average Bonchev–Trinajstić information content (AvgIpc) is 2.72. The van der Waals surface area contributed by atoms with E-state index in [1.54, 1.807) is 12.3 Å². The number of nitrogens with zero attached hydrogens (tertiary/aromatic N) is 2. The van der Waals surface area contributed by atoms with Crippen molar-refractivity contribution >= 4 is 17.5 Å². The summed E-state index contributed by atoms with van der Waals surface area (Å²) in [5.74, 6) is 0.946. The lowest BCUT2D eigenvalue weighted by Crippen LogP contribution is -2.25. The molecule has 138 valence electrons. The highest BCUT2D eigenvalue weighted by Gasteiger charge is 2.08. The van der Waals surface area contributed by atoms with Crippen molar-refractivity contribution in [2.75, 3.05) is 11.9 Å². The van der Waals surface area contributed by atoms with Crippen molar-refractivity contribution in [1.82, 2.24) is 15.3 Å². The van der Waals surface area contributed by atoms with E-state index < -0.39 is 0 Å². The third-order valence-electron chi connectivity index (χ3n) is 3.78. The van der Waals surface area contributed by atoms with E-state index in [4.69, 9.17) is 4.74 Å². The first-order valence-corrected chi connectivity index (χ1v) is 8.89. The number of hydrogen-bond acceptors (Lipinski definition) is 5. The van der Waals surface area contributed by atoms with Crippen LogP contribution in [0.4, 0.5) is 11.6 Å². The summed E-state index contributed by atoms with van der Waals surface area (Å²) in [6, 6.07) is 19.1. The highest BCUT2D eigenvalue weighted by molar-refractivity contribution is 5.92. The molecule has 0 fully saturated rings. The van der Waals surface area contributed by atoms with Gasteiger partial charge in [-0.05, 0) is 42.3 Å². The van der Waals surface area contributed by atoms with Crippen LogP contribution >= 0.6 is 0 Å². The van der Waals surface area contributed by atoms with Gasteiger partial charge in [-0.15, -0.1) is 0 Å². The predicted octanol–water partition coefficient (Wildman–Crippen LogP) is 3.94. The molecule has 27 heavy (non-hydrogen) atoms. The van der Waals surface area contributed by atoms with E-state index in [0.717, 1.165) is 23.4 Å². The van der Waals surface area contributed by atoms with E-state index in [2.05, 4.69) is 20.6 Å². The van der Waals surface area contributed by atoms with Crippen LogP contribution < -0.4 is 15.4 Å². The van der Waals surface area contributed by atoms with Gasteiger partial charge in [-0.25, -0.2) is 9.97 Å². The number of benzene rings is 2. The minimum Gasteiger partial charge on any atom is -0.489 e. The summed E-state index contributed by atoms with van der Waals surface area (Å²) in [4.78, 5) is 20.4. The van der Waals surface area contributed by atoms with Gasteiger partial charge in [0.25, 0.3) is 5.91 Å². The van der Waals surface area contributed by atoms with Crippen LogP contribution in [-0.2, 0) is 6.61 Å². The number of nitrogens with one attached hydrogen (secondary N) is 2. The molecular weight excluding hydrogens is 340 g/mol. The Morgan fingerprint density at radius 3 is 2.56 bits per heavy atom. The number of ether oxygens (including phenoxy) is 1. The van der Waals surface area contributed by atoms with Gasteiger partial charge in [0.05, 0.1) is 0 Å². The monoisotopic (exact) mass is 362 g/mol. The molecule has 0 spiro atoms. The van der Waals surface area contributed by atoms with E-state index >= 15 is 0 Å². The SMILES string of the molecule is CCCNC(=O)c1ccnc(Nc2ccc(OCc3ccccc3)cc2)n1. The molecule has 1 heterocycles. The Hall–Kier alpha value is -3.41. The highest BCUT2D eigenvalue weighted by atomic mass is 16.5. The van der Waals surface area contributed by atoms with Crippen LogP contribution in [0.15, 0.2) is 66.9 Å². The summed E-state index contributed by atoms with van der Waals surface area (Å²) in [5.41, 5.74) is 2.27. The molecule has 0 radical (unpaired) electrons. The van der Waals surface area contributed by atoms with Crippen LogP contribution in [0.3, 0.4) is 0 Å². The van der Waals surface area contributed by atoms with Gasteiger partial charge in [0.2, 0.25) is 5.95 Å². The van der Waals surface area contributed by atoms with Gasteiger partial charge in [0.1, 0.15) is 18.1 Å². The molecule has 6 nitrogen and oxygen atoms in total. The van der Waals surface area contributed by atoms with Crippen LogP contribution in [0, 0.1) is 0 Å². The van der Waals surface area contributed by atoms with Gasteiger partial charge >= 0.3 is 0 Å². The van der Waals surface area contributed by atoms with Crippen LogP contribution in [0.2, 0.25) is 0 Å². The quantitative estimate of drug-likeness (QED) is 0.635. The van der Waals surface area contributed by atoms with E-state index in [1.807, 2.05) is 61.5 Å². The second kappa shape index (κ2) is 9.33. The zero-order valence-electron chi connectivity index (χ0n) is 15.2. The van der Waals surface area contributed by atoms with E-state index in [9.17, 15) is 4.79 Å². The maximum absolute atomic E-state index is 12.0. The molecule has 1 amide bonds. The summed E-state index contributed by atoms with van der Waals surface area (Å²) in [5, 5.41) is 5.90. The molecule has 0 saturated heterocycles. The fourth-order valence-electron chi connectivity index (χ4n) is 2.38. The first-order chi connectivity index (χ1) is 13.2. The van der Waals surface area contributed by atoms with Crippen molar-refractivity contribution in [2.45, 2.75) is 20.0 Å². The number of aromatic nitrogens is 2. The van der Waals surface area contributed by atoms with Crippen LogP contribution in [-0.4, -0.2) is 22.4 Å². The molecule has 1 aromatic heterocycles. The van der Waals surface area contributed by atoms with Crippen molar-refractivity contribution in [3.05, 3.63) is 78.1 Å². The van der Waals surface area contributed by atoms with Gasteiger partial charge in [-0.1, -0.05) is 37.3 Å². The lowest BCUT2D eigenvalue weighted by atomic mass is 10.2. The van der Waals surface area contributed by atoms with Gasteiger partial charge in [0.15, 0.2) is 0 Å². The van der Waals surface area contributed by atoms with Gasteiger partial charge < -0.3 is 15.4 Å². The molecule has 0 aliphatic carbocycles. The Labute approximate surface area is 158 Å². The molecule has 3 rings (SSSR count). The zero-order valence-corrected chi connectivity index (χ0v) is 15.2. The summed E-state index contributed by atoms with van der Waals surface area (Å²) in [7, 11) is 0. The fourth-order valence-corrected chi connectivity index (χ4v) is 2.38. The first-order valence-electron chi connectivity index (χ1n) is 8.89. The van der Waals surface area contributed by atoms with E-state index in [0.29, 0.717) is 24.8 Å². The van der Waals surface area contributed by atoms with Crippen LogP contribution in [0.1, 0.15) is 29.4 Å². The molecule has 0 aliphatic rings. The summed E-state index contributed by atoms with van der Waals surface area (Å²) in [6.07, 6.45) is 2.44. The Kier molecular flexibility index (Phi) is 6.35. The summed E-state index contributed by atoms with van der Waals surface area (Å²) >= 11 is 0. The molecule has 0 saturated carbocycles. The van der Waals surface area contributed by atoms with Crippen molar-refractivity contribution < 1.29 is 9.53 Å². The van der Waals surface area contributed by atoms with E-state index in [1.165, 1.54) is 0 Å². The lowest BCUT2D eigenvalue weighted by Gasteiger charge is -2.09. The van der Waals surface area contributed by atoms with Crippen LogP contribution in [0.25, 0.3) is 0 Å². The number of hydrogen-bond donors (Lipinski definition) is 2. The summed E-state index contributed by atoms with van der Waals surface area (Å²) in [6.45, 7) is 3.14. The lowest BCUT2D eigenvalue weighted by molar-refractivity contribution is 0.0948. The standard InChI is InChI=1S/C21H22N4O2/c1-2-13-22-20(26)19-12-14-23-21(25-19)24-17-8-10-18(11-9-17)27-15-16-6-4-3-5-7-16/h3-12,14H,2,13,15H2,1H3,(H,22,26)(H,23,24,25). The average molecular weight is 362 g/mol. The zero-order chi connectivity index (χ0) is 18.9. The Bertz CT molecular complexity index is 867. The van der Waals surface area contributed by atoms with Crippen molar-refractivity contribution in [3.63, 3.8) is 0 Å². The van der Waals surface area contributed by atoms with Gasteiger partial charge in [0, 0.05) is 18.4 Å². The number of rotatable bonds is 8. The molecule has 2 aromatic carbocycles. The molecule has 0 atom stereocenters. The topological polar surface area (TPSA) is 76.1 Å². The molecule has 0 unspecified atom stereocenters. The Morgan fingerprint density at radius 1 is 1.04 bits per heavy atom. The molecule has 0 aliphatic heterocycles. The maximum Gasteiger partial charge on any atom is 0.270 e. The Morgan fingerprint density at radius 2 is 1.81 bits per heavy atom. The number of carbonyl (C=O) groups excluding carboxylic acids is 1. The minimum atomic E-state index is -0.202. The number of amides is 1. The van der Waals surface area contributed by atoms with Crippen molar-refractivity contribution in [1.29, 1.82) is 0 Å². The normalized spacial score (nSPS) is 10.3. The predicted molar refractivity (Wildman–Crippen MR) is 105 cm³/mol. The largest absolute Gasteiger partial charge is 0.489 e. The van der Waals surface area contributed by atoms with Gasteiger partial charge in [-0.3, -0.25) is 4.79 Å². The number of anilines is 2. The second-order valence-electron chi connectivity index (χ2n) is 5.95. The third-order valence-corrected chi connectivity index (χ3v) is 3.78. The van der Waals surface area contributed by atoms with Crippen LogP contribution in [0.5, 0.6) is 5.75 Å². The fraction of sp³-hybridized carbons (Fsp3) is 0.190. The number of carbonyl (C=O) groups is 1. The Balaban J connectivity index is 1.58. The van der Waals surface area contributed by atoms with Gasteiger partial charge in [-0.2, -0.15) is 0 Å². The smallest absolute Gasteiger partial charge is 0.270 e.